The molecule has 3 heteroatoms. The lowest BCUT2D eigenvalue weighted by Gasteiger charge is -2.20. The average Bonchev–Trinajstić information content (AvgIpc) is 2.85. The first kappa shape index (κ1) is 13.1. The standard InChI is InChI=1S/C15H21NO2/c1-11-6-3-4-7-13(11)10-15(17)16-12(2)14-8-5-9-18-14/h3-4,6-7,12,14H,5,8-10H2,1-2H3,(H,16,17)/t12-,14+/m1/s1. The van der Waals surface area contributed by atoms with Gasteiger partial charge in [0.15, 0.2) is 0 Å². The summed E-state index contributed by atoms with van der Waals surface area (Å²) in [4.78, 5) is 12.0. The van der Waals surface area contributed by atoms with E-state index in [9.17, 15) is 4.79 Å². The Morgan fingerprint density at radius 3 is 2.94 bits per heavy atom. The Labute approximate surface area is 109 Å². The molecule has 98 valence electrons. The van der Waals surface area contributed by atoms with Gasteiger partial charge >= 0.3 is 0 Å². The second-order valence-electron chi connectivity index (χ2n) is 5.01. The lowest BCUT2D eigenvalue weighted by molar-refractivity contribution is -0.121. The number of amides is 1. The first-order valence-corrected chi connectivity index (χ1v) is 6.62. The van der Waals surface area contributed by atoms with Gasteiger partial charge in [-0.3, -0.25) is 4.79 Å². The van der Waals surface area contributed by atoms with E-state index in [1.165, 1.54) is 0 Å². The Balaban J connectivity index is 1.86. The van der Waals surface area contributed by atoms with Gasteiger partial charge in [0.2, 0.25) is 5.91 Å². The number of rotatable bonds is 4. The van der Waals surface area contributed by atoms with E-state index in [1.54, 1.807) is 0 Å². The molecule has 0 spiro atoms. The molecule has 18 heavy (non-hydrogen) atoms. The molecule has 1 amide bonds. The smallest absolute Gasteiger partial charge is 0.224 e. The number of benzene rings is 1. The van der Waals surface area contributed by atoms with Gasteiger partial charge in [-0.1, -0.05) is 24.3 Å². The molecule has 0 unspecified atom stereocenters. The first-order valence-electron chi connectivity index (χ1n) is 6.62. The number of carbonyl (C=O) groups excluding carboxylic acids is 1. The molecule has 0 aliphatic carbocycles. The molecule has 1 N–H and O–H groups in total. The number of aryl methyl sites for hydroxylation is 1. The Bertz CT molecular complexity index is 411. The maximum atomic E-state index is 12.0. The fourth-order valence-electron chi connectivity index (χ4n) is 2.38. The van der Waals surface area contributed by atoms with Gasteiger partial charge in [-0.15, -0.1) is 0 Å². The maximum Gasteiger partial charge on any atom is 0.224 e. The summed E-state index contributed by atoms with van der Waals surface area (Å²) in [5.41, 5.74) is 2.26. The van der Waals surface area contributed by atoms with Gasteiger partial charge < -0.3 is 10.1 Å². The van der Waals surface area contributed by atoms with Gasteiger partial charge in [0, 0.05) is 6.61 Å². The topological polar surface area (TPSA) is 38.3 Å². The molecular weight excluding hydrogens is 226 g/mol. The highest BCUT2D eigenvalue weighted by Gasteiger charge is 2.23. The summed E-state index contributed by atoms with van der Waals surface area (Å²) < 4.78 is 5.57. The quantitative estimate of drug-likeness (QED) is 0.886. The normalized spacial score (nSPS) is 20.7. The van der Waals surface area contributed by atoms with Crippen molar-refractivity contribution in [3.63, 3.8) is 0 Å². The molecular formula is C15H21NO2. The lowest BCUT2D eigenvalue weighted by atomic mass is 10.0. The summed E-state index contributed by atoms with van der Waals surface area (Å²) in [6.07, 6.45) is 2.78. The Morgan fingerprint density at radius 1 is 1.50 bits per heavy atom. The summed E-state index contributed by atoms with van der Waals surface area (Å²) in [7, 11) is 0. The van der Waals surface area contributed by atoms with Crippen molar-refractivity contribution in [1.82, 2.24) is 5.32 Å². The van der Waals surface area contributed by atoms with E-state index < -0.39 is 0 Å². The van der Waals surface area contributed by atoms with Crippen molar-refractivity contribution in [2.24, 2.45) is 0 Å². The number of hydrogen-bond acceptors (Lipinski definition) is 2. The monoisotopic (exact) mass is 247 g/mol. The summed E-state index contributed by atoms with van der Waals surface area (Å²) in [5, 5.41) is 3.03. The Morgan fingerprint density at radius 2 is 2.28 bits per heavy atom. The predicted octanol–water partition coefficient (Wildman–Crippen LogP) is 2.22. The minimum atomic E-state index is 0.0762. The molecule has 3 nitrogen and oxygen atoms in total. The van der Waals surface area contributed by atoms with Gasteiger partial charge in [-0.25, -0.2) is 0 Å². The molecule has 0 aromatic heterocycles. The van der Waals surface area contributed by atoms with Crippen molar-refractivity contribution >= 4 is 5.91 Å². The van der Waals surface area contributed by atoms with Crippen molar-refractivity contribution in [2.45, 2.75) is 45.3 Å². The van der Waals surface area contributed by atoms with Crippen molar-refractivity contribution in [3.8, 4) is 0 Å². The van der Waals surface area contributed by atoms with E-state index in [2.05, 4.69) is 5.32 Å². The highest BCUT2D eigenvalue weighted by Crippen LogP contribution is 2.15. The second kappa shape index (κ2) is 6.01. The van der Waals surface area contributed by atoms with Crippen molar-refractivity contribution < 1.29 is 9.53 Å². The SMILES string of the molecule is Cc1ccccc1CC(=O)N[C@H](C)[C@@H]1CCCO1. The number of hydrogen-bond donors (Lipinski definition) is 1. The lowest BCUT2D eigenvalue weighted by Crippen LogP contribution is -2.41. The zero-order valence-corrected chi connectivity index (χ0v) is 11.1. The number of ether oxygens (including phenoxy) is 1. The molecule has 1 aliphatic heterocycles. The summed E-state index contributed by atoms with van der Waals surface area (Å²) in [6, 6.07) is 8.10. The molecule has 1 heterocycles. The van der Waals surface area contributed by atoms with Crippen molar-refractivity contribution in [3.05, 3.63) is 35.4 Å². The average molecular weight is 247 g/mol. The molecule has 2 atom stereocenters. The Kier molecular flexibility index (Phi) is 4.37. The van der Waals surface area contributed by atoms with Crippen LogP contribution in [0.15, 0.2) is 24.3 Å². The van der Waals surface area contributed by atoms with Crippen LogP contribution in [0.4, 0.5) is 0 Å². The van der Waals surface area contributed by atoms with Crippen LogP contribution in [-0.4, -0.2) is 24.7 Å². The van der Waals surface area contributed by atoms with E-state index in [1.807, 2.05) is 38.1 Å². The van der Waals surface area contributed by atoms with Crippen LogP contribution >= 0.6 is 0 Å². The van der Waals surface area contributed by atoms with Crippen LogP contribution in [0, 0.1) is 6.92 Å². The molecule has 1 aromatic rings. The number of nitrogens with one attached hydrogen (secondary N) is 1. The minimum Gasteiger partial charge on any atom is -0.376 e. The van der Waals surface area contributed by atoms with Crippen LogP contribution in [0.3, 0.4) is 0 Å². The number of carbonyl (C=O) groups is 1. The van der Waals surface area contributed by atoms with Crippen molar-refractivity contribution in [1.29, 1.82) is 0 Å². The van der Waals surface area contributed by atoms with Gasteiger partial charge in [0.25, 0.3) is 0 Å². The molecule has 1 aliphatic rings. The highest BCUT2D eigenvalue weighted by atomic mass is 16.5. The zero-order chi connectivity index (χ0) is 13.0. The predicted molar refractivity (Wildman–Crippen MR) is 71.5 cm³/mol. The first-order chi connectivity index (χ1) is 8.66. The van der Waals surface area contributed by atoms with Crippen LogP contribution in [0.2, 0.25) is 0 Å². The third-order valence-electron chi connectivity index (χ3n) is 3.52. The molecule has 0 radical (unpaired) electrons. The zero-order valence-electron chi connectivity index (χ0n) is 11.1. The highest BCUT2D eigenvalue weighted by molar-refractivity contribution is 5.79. The van der Waals surface area contributed by atoms with E-state index in [0.717, 1.165) is 30.6 Å². The molecule has 1 fully saturated rings. The van der Waals surface area contributed by atoms with E-state index in [0.29, 0.717) is 6.42 Å². The van der Waals surface area contributed by atoms with Crippen molar-refractivity contribution in [2.75, 3.05) is 6.61 Å². The summed E-state index contributed by atoms with van der Waals surface area (Å²) in [6.45, 7) is 4.88. The summed E-state index contributed by atoms with van der Waals surface area (Å²) in [5.74, 6) is 0.0762. The van der Waals surface area contributed by atoms with Crippen LogP contribution in [0.25, 0.3) is 0 Å². The maximum absolute atomic E-state index is 12.0. The van der Waals surface area contributed by atoms with Crippen LogP contribution < -0.4 is 5.32 Å². The molecule has 0 bridgehead atoms. The van der Waals surface area contributed by atoms with Gasteiger partial charge in [-0.05, 0) is 37.8 Å². The second-order valence-corrected chi connectivity index (χ2v) is 5.01. The van der Waals surface area contributed by atoms with Crippen LogP contribution in [0.1, 0.15) is 30.9 Å². The third kappa shape index (κ3) is 3.33. The van der Waals surface area contributed by atoms with Crippen LogP contribution in [-0.2, 0) is 16.0 Å². The molecule has 1 saturated heterocycles. The molecule has 0 saturated carbocycles. The van der Waals surface area contributed by atoms with E-state index >= 15 is 0 Å². The van der Waals surface area contributed by atoms with Gasteiger partial charge in [0.05, 0.1) is 18.6 Å². The fourth-order valence-corrected chi connectivity index (χ4v) is 2.38. The van der Waals surface area contributed by atoms with Gasteiger partial charge in [0.1, 0.15) is 0 Å². The third-order valence-corrected chi connectivity index (χ3v) is 3.52. The largest absolute Gasteiger partial charge is 0.376 e. The molecule has 1 aromatic carbocycles. The van der Waals surface area contributed by atoms with E-state index in [-0.39, 0.29) is 18.1 Å². The van der Waals surface area contributed by atoms with Crippen LogP contribution in [0.5, 0.6) is 0 Å². The van der Waals surface area contributed by atoms with Gasteiger partial charge in [-0.2, -0.15) is 0 Å². The van der Waals surface area contributed by atoms with E-state index in [4.69, 9.17) is 4.74 Å². The summed E-state index contributed by atoms with van der Waals surface area (Å²) >= 11 is 0. The fraction of sp³-hybridized carbons (Fsp3) is 0.533. The minimum absolute atomic E-state index is 0.0762. The Hall–Kier alpha value is -1.35. The molecule has 2 rings (SSSR count).